The van der Waals surface area contributed by atoms with Crippen molar-refractivity contribution in [2.75, 3.05) is 33.3 Å². The number of fused-ring (bicyclic) bond motifs is 1. The van der Waals surface area contributed by atoms with E-state index >= 15 is 0 Å². The van der Waals surface area contributed by atoms with Gasteiger partial charge >= 0.3 is 0 Å². The van der Waals surface area contributed by atoms with Gasteiger partial charge in [-0.25, -0.2) is 9.37 Å². The van der Waals surface area contributed by atoms with Crippen molar-refractivity contribution in [2.45, 2.75) is 39.3 Å². The van der Waals surface area contributed by atoms with Crippen molar-refractivity contribution in [1.82, 2.24) is 14.8 Å². The smallest absolute Gasteiger partial charge is 0.259 e. The van der Waals surface area contributed by atoms with Gasteiger partial charge in [0, 0.05) is 36.3 Å². The Kier molecular flexibility index (Phi) is 7.62. The van der Waals surface area contributed by atoms with Gasteiger partial charge in [0.15, 0.2) is 0 Å². The fourth-order valence-corrected chi connectivity index (χ4v) is 3.94. The van der Waals surface area contributed by atoms with Crippen molar-refractivity contribution < 1.29 is 19.0 Å². The largest absolute Gasteiger partial charge is 0.472 e. The number of carbonyl (C=O) groups is 1. The summed E-state index contributed by atoms with van der Waals surface area (Å²) in [5, 5.41) is 9.75. The van der Waals surface area contributed by atoms with Crippen molar-refractivity contribution in [3.8, 4) is 17.0 Å². The fraction of sp³-hybridized carbons (Fsp3) is 0.500. The molecule has 3 rings (SSSR count). The van der Waals surface area contributed by atoms with Gasteiger partial charge in [0.05, 0.1) is 12.6 Å². The van der Waals surface area contributed by atoms with Gasteiger partial charge in [0.1, 0.15) is 17.5 Å². The second-order valence-corrected chi connectivity index (χ2v) is 8.44. The van der Waals surface area contributed by atoms with Gasteiger partial charge in [0.2, 0.25) is 5.88 Å². The molecule has 1 aliphatic rings. The van der Waals surface area contributed by atoms with Crippen LogP contribution in [0.15, 0.2) is 36.5 Å². The highest BCUT2D eigenvalue weighted by molar-refractivity contribution is 5.98. The molecule has 2 aromatic rings. The summed E-state index contributed by atoms with van der Waals surface area (Å²) in [5.74, 6) is -0.355. The summed E-state index contributed by atoms with van der Waals surface area (Å²) in [7, 11) is 2.05. The number of amides is 1. The minimum absolute atomic E-state index is 0.0402. The van der Waals surface area contributed by atoms with E-state index in [0.29, 0.717) is 24.2 Å². The van der Waals surface area contributed by atoms with Crippen LogP contribution in [0.1, 0.15) is 37.6 Å². The zero-order valence-corrected chi connectivity index (χ0v) is 18.7. The Morgan fingerprint density at radius 1 is 1.35 bits per heavy atom. The molecule has 1 N–H and O–H groups in total. The van der Waals surface area contributed by atoms with E-state index in [9.17, 15) is 14.3 Å². The third-order valence-electron chi connectivity index (χ3n) is 5.80. The maximum Gasteiger partial charge on any atom is 0.259 e. The Balaban J connectivity index is 2.04. The van der Waals surface area contributed by atoms with Crippen molar-refractivity contribution in [3.63, 3.8) is 0 Å². The van der Waals surface area contributed by atoms with Crippen molar-refractivity contribution in [3.05, 3.63) is 47.9 Å². The molecule has 2 heterocycles. The summed E-state index contributed by atoms with van der Waals surface area (Å²) in [6.07, 6.45) is 2.40. The highest BCUT2D eigenvalue weighted by Crippen LogP contribution is 2.31. The third-order valence-corrected chi connectivity index (χ3v) is 5.80. The minimum atomic E-state index is -0.378. The highest BCUT2D eigenvalue weighted by atomic mass is 19.1. The summed E-state index contributed by atoms with van der Waals surface area (Å²) < 4.78 is 20.6. The SMILES string of the molecule is CCCN(C)C[C@H]1Oc2ncc(-c3ccccc3F)cc2C(=O)N([C@H](C)CO)C[C@H]1C. The lowest BCUT2D eigenvalue weighted by molar-refractivity contribution is 0.0331. The van der Waals surface area contributed by atoms with E-state index in [1.54, 1.807) is 35.4 Å². The number of aliphatic hydroxyl groups excluding tert-OH is 1. The van der Waals surface area contributed by atoms with E-state index < -0.39 is 0 Å². The third kappa shape index (κ3) is 5.22. The molecule has 1 aliphatic heterocycles. The van der Waals surface area contributed by atoms with Crippen LogP contribution < -0.4 is 4.74 Å². The van der Waals surface area contributed by atoms with Crippen molar-refractivity contribution >= 4 is 5.91 Å². The molecule has 0 aliphatic carbocycles. The summed E-state index contributed by atoms with van der Waals surface area (Å²) in [6, 6.07) is 7.69. The Morgan fingerprint density at radius 2 is 2.10 bits per heavy atom. The number of hydrogen-bond donors (Lipinski definition) is 1. The highest BCUT2D eigenvalue weighted by Gasteiger charge is 2.34. The molecule has 31 heavy (non-hydrogen) atoms. The fourth-order valence-electron chi connectivity index (χ4n) is 3.94. The number of aliphatic hydroxyl groups is 1. The van der Waals surface area contributed by atoms with Crippen LogP contribution in [-0.4, -0.2) is 71.2 Å². The van der Waals surface area contributed by atoms with Gasteiger partial charge in [-0.3, -0.25) is 4.79 Å². The molecule has 0 saturated carbocycles. The average molecular weight is 430 g/mol. The van der Waals surface area contributed by atoms with Gasteiger partial charge < -0.3 is 19.6 Å². The van der Waals surface area contributed by atoms with Gasteiger partial charge in [-0.2, -0.15) is 0 Å². The zero-order valence-electron chi connectivity index (χ0n) is 18.7. The standard InChI is InChI=1S/C24H32FN3O3/c1-5-10-27(4)14-22-16(2)13-28(17(3)15-29)24(30)20-11-18(12-26-23(20)31-22)19-8-6-7-9-21(19)25/h6-9,11-12,16-17,22,29H,5,10,13-15H2,1-4H3/t16-,17-,22-/m1/s1. The number of rotatable bonds is 7. The number of carbonyl (C=O) groups excluding carboxylic acids is 1. The number of pyridine rings is 1. The summed E-state index contributed by atoms with van der Waals surface area (Å²) in [5.41, 5.74) is 1.18. The maximum atomic E-state index is 14.3. The Bertz CT molecular complexity index is 907. The number of hydrogen-bond acceptors (Lipinski definition) is 5. The predicted octanol–water partition coefficient (Wildman–Crippen LogP) is 3.45. The monoisotopic (exact) mass is 429 g/mol. The minimum Gasteiger partial charge on any atom is -0.472 e. The molecular weight excluding hydrogens is 397 g/mol. The van der Waals surface area contributed by atoms with Crippen LogP contribution in [0.3, 0.4) is 0 Å². The summed E-state index contributed by atoms with van der Waals surface area (Å²) >= 11 is 0. The van der Waals surface area contributed by atoms with Gasteiger partial charge in [0.25, 0.3) is 5.91 Å². The Morgan fingerprint density at radius 3 is 2.77 bits per heavy atom. The lowest BCUT2D eigenvalue weighted by Gasteiger charge is -2.37. The molecule has 1 aromatic carbocycles. The van der Waals surface area contributed by atoms with E-state index in [4.69, 9.17) is 4.74 Å². The summed E-state index contributed by atoms with van der Waals surface area (Å²) in [6.45, 7) is 7.94. The molecule has 3 atom stereocenters. The maximum absolute atomic E-state index is 14.3. The Hall–Kier alpha value is -2.51. The van der Waals surface area contributed by atoms with Crippen LogP contribution in [-0.2, 0) is 0 Å². The first-order valence-corrected chi connectivity index (χ1v) is 10.9. The second-order valence-electron chi connectivity index (χ2n) is 8.44. The van der Waals surface area contributed by atoms with Crippen LogP contribution in [0.25, 0.3) is 11.1 Å². The van der Waals surface area contributed by atoms with Crippen molar-refractivity contribution in [1.29, 1.82) is 0 Å². The zero-order chi connectivity index (χ0) is 22.5. The number of likely N-dealkylation sites (N-methyl/N-ethyl adjacent to an activating group) is 1. The molecule has 0 radical (unpaired) electrons. The van der Waals surface area contributed by atoms with Gasteiger partial charge in [-0.15, -0.1) is 0 Å². The predicted molar refractivity (Wildman–Crippen MR) is 119 cm³/mol. The average Bonchev–Trinajstić information content (AvgIpc) is 2.76. The van der Waals surface area contributed by atoms with Crippen LogP contribution >= 0.6 is 0 Å². The molecule has 1 aromatic heterocycles. The molecule has 0 saturated heterocycles. The molecule has 0 spiro atoms. The number of halogens is 1. The number of benzene rings is 1. The van der Waals surface area contributed by atoms with Crippen LogP contribution in [0.4, 0.5) is 4.39 Å². The van der Waals surface area contributed by atoms with E-state index in [-0.39, 0.29) is 47.8 Å². The molecular formula is C24H32FN3O3. The number of ether oxygens (including phenoxy) is 1. The van der Waals surface area contributed by atoms with E-state index in [0.717, 1.165) is 13.0 Å². The molecule has 6 nitrogen and oxygen atoms in total. The molecule has 0 unspecified atom stereocenters. The first kappa shape index (κ1) is 23.2. The van der Waals surface area contributed by atoms with Crippen molar-refractivity contribution in [2.24, 2.45) is 5.92 Å². The molecule has 7 heteroatoms. The van der Waals surface area contributed by atoms with Gasteiger partial charge in [-0.05, 0) is 39.1 Å². The van der Waals surface area contributed by atoms with Crippen LogP contribution in [0.5, 0.6) is 5.88 Å². The van der Waals surface area contributed by atoms with Gasteiger partial charge in [-0.1, -0.05) is 32.0 Å². The number of nitrogens with zero attached hydrogens (tertiary/aromatic N) is 3. The molecule has 0 bridgehead atoms. The number of aromatic nitrogens is 1. The lowest BCUT2D eigenvalue weighted by atomic mass is 9.99. The van der Waals surface area contributed by atoms with Crippen LogP contribution in [0.2, 0.25) is 0 Å². The molecule has 0 fully saturated rings. The topological polar surface area (TPSA) is 65.9 Å². The second kappa shape index (κ2) is 10.2. The molecule has 168 valence electrons. The van der Waals surface area contributed by atoms with E-state index in [2.05, 4.69) is 16.8 Å². The lowest BCUT2D eigenvalue weighted by Crippen LogP contribution is -2.50. The normalized spacial score (nSPS) is 20.1. The van der Waals surface area contributed by atoms with Crippen LogP contribution in [0, 0.1) is 11.7 Å². The molecule has 1 amide bonds. The quantitative estimate of drug-likeness (QED) is 0.730. The first-order chi connectivity index (χ1) is 14.8. The van der Waals surface area contributed by atoms with E-state index in [1.807, 2.05) is 20.9 Å². The Labute approximate surface area is 183 Å². The summed E-state index contributed by atoms with van der Waals surface area (Å²) in [4.78, 5) is 21.7. The first-order valence-electron chi connectivity index (χ1n) is 10.9. The van der Waals surface area contributed by atoms with E-state index in [1.165, 1.54) is 6.07 Å².